The van der Waals surface area contributed by atoms with Gasteiger partial charge in [0.05, 0.1) is 5.52 Å². The second-order valence-electron chi connectivity index (χ2n) is 3.97. The highest BCUT2D eigenvalue weighted by molar-refractivity contribution is 5.75. The summed E-state index contributed by atoms with van der Waals surface area (Å²) in [4.78, 5) is 24.3. The van der Waals surface area contributed by atoms with Crippen LogP contribution in [0.3, 0.4) is 0 Å². The Bertz CT molecular complexity index is 583. The summed E-state index contributed by atoms with van der Waals surface area (Å²) >= 11 is 0. The summed E-state index contributed by atoms with van der Waals surface area (Å²) < 4.78 is 4.96. The summed E-state index contributed by atoms with van der Waals surface area (Å²) in [5.41, 5.74) is 2.27. The fourth-order valence-electron chi connectivity index (χ4n) is 1.60. The molecule has 0 saturated carbocycles. The zero-order valence-corrected chi connectivity index (χ0v) is 9.58. The molecule has 0 aliphatic rings. The summed E-state index contributed by atoms with van der Waals surface area (Å²) in [6, 6.07) is 5.53. The van der Waals surface area contributed by atoms with Crippen molar-refractivity contribution < 1.29 is 9.21 Å². The molecule has 0 saturated heterocycles. The molecule has 2 aromatic rings. The molecule has 0 atom stereocenters. The third kappa shape index (κ3) is 3.04. The first-order valence-electron chi connectivity index (χ1n) is 5.47. The number of aromatic amines is 1. The van der Waals surface area contributed by atoms with Crippen LogP contribution in [0.1, 0.15) is 18.9 Å². The van der Waals surface area contributed by atoms with E-state index < -0.39 is 5.76 Å². The SMILES string of the molecule is CC(=O)CCNCc1ccc2[nH]c(=O)oc2c1. The van der Waals surface area contributed by atoms with E-state index in [1.54, 1.807) is 6.92 Å². The maximum absolute atomic E-state index is 11.0. The molecule has 0 radical (unpaired) electrons. The van der Waals surface area contributed by atoms with Crippen LogP contribution >= 0.6 is 0 Å². The van der Waals surface area contributed by atoms with Gasteiger partial charge in [-0.2, -0.15) is 0 Å². The van der Waals surface area contributed by atoms with Crippen LogP contribution < -0.4 is 11.1 Å². The Hall–Kier alpha value is -1.88. The normalized spacial score (nSPS) is 10.9. The number of benzene rings is 1. The van der Waals surface area contributed by atoms with E-state index in [4.69, 9.17) is 4.42 Å². The molecule has 5 nitrogen and oxygen atoms in total. The maximum Gasteiger partial charge on any atom is 0.417 e. The van der Waals surface area contributed by atoms with Gasteiger partial charge in [-0.25, -0.2) is 4.79 Å². The van der Waals surface area contributed by atoms with Crippen molar-refractivity contribution in [1.29, 1.82) is 0 Å². The van der Waals surface area contributed by atoms with Crippen LogP contribution in [0.5, 0.6) is 0 Å². The minimum atomic E-state index is -0.443. The lowest BCUT2D eigenvalue weighted by molar-refractivity contribution is -0.116. The minimum absolute atomic E-state index is 0.171. The number of aromatic nitrogens is 1. The number of ketones is 1. The van der Waals surface area contributed by atoms with E-state index >= 15 is 0 Å². The van der Waals surface area contributed by atoms with Gasteiger partial charge in [-0.15, -0.1) is 0 Å². The largest absolute Gasteiger partial charge is 0.417 e. The van der Waals surface area contributed by atoms with Crippen LogP contribution in [-0.2, 0) is 11.3 Å². The molecule has 1 heterocycles. The monoisotopic (exact) mass is 234 g/mol. The van der Waals surface area contributed by atoms with Crippen LogP contribution in [0.25, 0.3) is 11.1 Å². The first kappa shape index (κ1) is 11.6. The molecule has 90 valence electrons. The fraction of sp³-hybridized carbons (Fsp3) is 0.333. The predicted octanol–water partition coefficient (Wildman–Crippen LogP) is 1.19. The Morgan fingerprint density at radius 3 is 3.06 bits per heavy atom. The number of oxazole rings is 1. The third-order valence-corrected chi connectivity index (χ3v) is 2.47. The van der Waals surface area contributed by atoms with Crippen LogP contribution in [0.15, 0.2) is 27.4 Å². The van der Waals surface area contributed by atoms with E-state index in [9.17, 15) is 9.59 Å². The fourth-order valence-corrected chi connectivity index (χ4v) is 1.60. The standard InChI is InChI=1S/C12H14N2O3/c1-8(15)4-5-13-7-9-2-3-10-11(6-9)17-12(16)14-10/h2-3,6,13H,4-5,7H2,1H3,(H,14,16). The van der Waals surface area contributed by atoms with Gasteiger partial charge in [0.2, 0.25) is 0 Å². The number of carbonyl (C=O) groups is 1. The minimum Gasteiger partial charge on any atom is -0.408 e. The predicted molar refractivity (Wildman–Crippen MR) is 63.8 cm³/mol. The highest BCUT2D eigenvalue weighted by Crippen LogP contribution is 2.11. The summed E-state index contributed by atoms with van der Waals surface area (Å²) in [5, 5.41) is 3.15. The zero-order chi connectivity index (χ0) is 12.3. The highest BCUT2D eigenvalue weighted by atomic mass is 16.4. The number of hydrogen-bond donors (Lipinski definition) is 2. The number of nitrogens with one attached hydrogen (secondary N) is 2. The quantitative estimate of drug-likeness (QED) is 0.762. The first-order chi connectivity index (χ1) is 8.15. The molecule has 0 spiro atoms. The average molecular weight is 234 g/mol. The molecule has 0 amide bonds. The topological polar surface area (TPSA) is 75.1 Å². The van der Waals surface area contributed by atoms with E-state index in [0.29, 0.717) is 30.6 Å². The van der Waals surface area contributed by atoms with E-state index in [0.717, 1.165) is 5.56 Å². The van der Waals surface area contributed by atoms with Crippen molar-refractivity contribution in [3.05, 3.63) is 34.3 Å². The van der Waals surface area contributed by atoms with Crippen molar-refractivity contribution in [3.63, 3.8) is 0 Å². The first-order valence-corrected chi connectivity index (χ1v) is 5.47. The second-order valence-corrected chi connectivity index (χ2v) is 3.97. The maximum atomic E-state index is 11.0. The molecule has 0 bridgehead atoms. The number of fused-ring (bicyclic) bond motifs is 1. The summed E-state index contributed by atoms with van der Waals surface area (Å²) in [6.07, 6.45) is 0.529. The molecule has 0 unspecified atom stereocenters. The number of carbonyl (C=O) groups excluding carboxylic acids is 1. The number of Topliss-reactive ketones (excluding diaryl/α,β-unsaturated/α-hetero) is 1. The van der Waals surface area contributed by atoms with Crippen molar-refractivity contribution >= 4 is 16.9 Å². The van der Waals surface area contributed by atoms with Crippen molar-refractivity contribution in [3.8, 4) is 0 Å². The highest BCUT2D eigenvalue weighted by Gasteiger charge is 2.02. The van der Waals surface area contributed by atoms with Gasteiger partial charge in [-0.05, 0) is 24.6 Å². The van der Waals surface area contributed by atoms with E-state index in [1.165, 1.54) is 0 Å². The summed E-state index contributed by atoms with van der Waals surface area (Å²) in [5.74, 6) is -0.272. The van der Waals surface area contributed by atoms with Gasteiger partial charge in [0.15, 0.2) is 5.58 Å². The van der Waals surface area contributed by atoms with Crippen molar-refractivity contribution in [2.45, 2.75) is 19.9 Å². The van der Waals surface area contributed by atoms with Crippen molar-refractivity contribution in [2.75, 3.05) is 6.54 Å². The van der Waals surface area contributed by atoms with Crippen LogP contribution in [-0.4, -0.2) is 17.3 Å². The van der Waals surface area contributed by atoms with Gasteiger partial charge < -0.3 is 9.73 Å². The second kappa shape index (κ2) is 4.97. The van der Waals surface area contributed by atoms with Gasteiger partial charge in [-0.1, -0.05) is 6.07 Å². The smallest absolute Gasteiger partial charge is 0.408 e. The molecule has 17 heavy (non-hydrogen) atoms. The Morgan fingerprint density at radius 1 is 1.47 bits per heavy atom. The van der Waals surface area contributed by atoms with Crippen LogP contribution in [0, 0.1) is 0 Å². The molecule has 5 heteroatoms. The molecule has 2 N–H and O–H groups in total. The Kier molecular flexibility index (Phi) is 3.39. The molecule has 0 aliphatic heterocycles. The summed E-state index contributed by atoms with van der Waals surface area (Å²) in [6.45, 7) is 2.88. The van der Waals surface area contributed by atoms with Crippen LogP contribution in [0.4, 0.5) is 0 Å². The number of H-pyrrole nitrogens is 1. The van der Waals surface area contributed by atoms with Gasteiger partial charge in [0, 0.05) is 19.5 Å². The molecule has 0 aliphatic carbocycles. The zero-order valence-electron chi connectivity index (χ0n) is 9.58. The molecular weight excluding hydrogens is 220 g/mol. The van der Waals surface area contributed by atoms with E-state index in [1.807, 2.05) is 18.2 Å². The molecule has 1 aromatic heterocycles. The van der Waals surface area contributed by atoms with Gasteiger partial charge in [0.25, 0.3) is 0 Å². The van der Waals surface area contributed by atoms with Gasteiger partial charge >= 0.3 is 5.76 Å². The van der Waals surface area contributed by atoms with Gasteiger partial charge in [0.1, 0.15) is 5.78 Å². The van der Waals surface area contributed by atoms with Crippen molar-refractivity contribution in [2.24, 2.45) is 0 Å². The molecular formula is C12H14N2O3. The molecule has 1 aromatic carbocycles. The molecule has 0 fully saturated rings. The number of rotatable bonds is 5. The lowest BCUT2D eigenvalue weighted by atomic mass is 10.2. The lowest BCUT2D eigenvalue weighted by Crippen LogP contribution is -2.16. The Morgan fingerprint density at radius 2 is 2.29 bits per heavy atom. The Labute approximate surface area is 97.8 Å². The van der Waals surface area contributed by atoms with E-state index in [2.05, 4.69) is 10.3 Å². The van der Waals surface area contributed by atoms with E-state index in [-0.39, 0.29) is 5.78 Å². The average Bonchev–Trinajstić information content (AvgIpc) is 2.63. The molecule has 2 rings (SSSR count). The van der Waals surface area contributed by atoms with Crippen LogP contribution in [0.2, 0.25) is 0 Å². The summed E-state index contributed by atoms with van der Waals surface area (Å²) in [7, 11) is 0. The lowest BCUT2D eigenvalue weighted by Gasteiger charge is -2.03. The third-order valence-electron chi connectivity index (χ3n) is 2.47. The number of hydrogen-bond acceptors (Lipinski definition) is 4. The van der Waals surface area contributed by atoms with Gasteiger partial charge in [-0.3, -0.25) is 9.78 Å². The Balaban J connectivity index is 1.99. The van der Waals surface area contributed by atoms with Crippen molar-refractivity contribution in [1.82, 2.24) is 10.3 Å².